The molecule has 5 rings (SSSR count). The molecule has 0 radical (unpaired) electrons. The molecule has 1 saturated heterocycles. The number of halogens is 3. The van der Waals surface area contributed by atoms with Crippen LogP contribution in [0.15, 0.2) is 52.3 Å². The van der Waals surface area contributed by atoms with Crippen molar-refractivity contribution in [2.45, 2.75) is 12.5 Å². The van der Waals surface area contributed by atoms with Gasteiger partial charge in [-0.2, -0.15) is 4.98 Å². The Bertz CT molecular complexity index is 1590. The highest BCUT2D eigenvalue weighted by molar-refractivity contribution is 6.30. The lowest BCUT2D eigenvalue weighted by atomic mass is 10.2. The fourth-order valence-electron chi connectivity index (χ4n) is 4.16. The normalized spacial score (nSPS) is 15.7. The van der Waals surface area contributed by atoms with Gasteiger partial charge in [0, 0.05) is 25.2 Å². The second-order valence-electron chi connectivity index (χ2n) is 7.99. The fraction of sp³-hybridized carbons (Fsp3) is 0.217. The summed E-state index contributed by atoms with van der Waals surface area (Å²) in [5, 5.41) is 9.66. The third-order valence-electron chi connectivity index (χ3n) is 5.78. The second-order valence-corrected chi connectivity index (χ2v) is 8.40. The largest absolute Gasteiger partial charge is 0.480 e. The lowest BCUT2D eigenvalue weighted by molar-refractivity contribution is 0.198. The average molecular weight is 502 g/mol. The molecule has 1 aliphatic heterocycles. The number of methoxy groups -OCH3 is 1. The van der Waals surface area contributed by atoms with Crippen molar-refractivity contribution >= 4 is 28.3 Å². The van der Waals surface area contributed by atoms with Crippen LogP contribution in [-0.4, -0.2) is 50.5 Å². The number of rotatable bonds is 4. The summed E-state index contributed by atoms with van der Waals surface area (Å²) in [5.41, 5.74) is -1.51. The third kappa shape index (κ3) is 3.92. The van der Waals surface area contributed by atoms with E-state index in [0.29, 0.717) is 25.3 Å². The van der Waals surface area contributed by atoms with Crippen molar-refractivity contribution in [3.8, 4) is 17.3 Å². The van der Waals surface area contributed by atoms with Crippen LogP contribution in [0.4, 0.5) is 14.6 Å². The molecule has 3 aromatic heterocycles. The standard InChI is InChI=1S/C23H18ClF2N5O4/c1-35-21-20-18(8-19(28-21)29-5-4-15(32)11-29)30(13-2-3-17(26)16(24)7-13)23(34)31(22(20)33)14-6-12(25)9-27-10-14/h2-3,6-10,15,32H,4-5,11H2,1H3/t15-/m1/s1. The first-order chi connectivity index (χ1) is 16.8. The first kappa shape index (κ1) is 22.9. The Hall–Kier alpha value is -3.83. The summed E-state index contributed by atoms with van der Waals surface area (Å²) >= 11 is 5.99. The number of aromatic nitrogens is 4. The number of anilines is 1. The molecule has 0 unspecified atom stereocenters. The fourth-order valence-corrected chi connectivity index (χ4v) is 4.33. The number of hydrogen-bond donors (Lipinski definition) is 1. The maximum Gasteiger partial charge on any atom is 0.340 e. The maximum absolute atomic E-state index is 13.9. The lowest BCUT2D eigenvalue weighted by Crippen LogP contribution is -2.39. The van der Waals surface area contributed by atoms with Crippen LogP contribution < -0.4 is 20.9 Å². The molecule has 0 aliphatic carbocycles. The molecular formula is C23H18ClF2N5O4. The van der Waals surface area contributed by atoms with Gasteiger partial charge in [-0.3, -0.25) is 14.3 Å². The Morgan fingerprint density at radius 1 is 1.11 bits per heavy atom. The Kier molecular flexibility index (Phi) is 5.73. The van der Waals surface area contributed by atoms with Gasteiger partial charge in [0.05, 0.1) is 47.5 Å². The summed E-state index contributed by atoms with van der Waals surface area (Å²) in [5.74, 6) is -1.15. The van der Waals surface area contributed by atoms with Crippen LogP contribution >= 0.6 is 11.6 Å². The zero-order valence-corrected chi connectivity index (χ0v) is 19.0. The summed E-state index contributed by atoms with van der Waals surface area (Å²) < 4.78 is 35.2. The van der Waals surface area contributed by atoms with Gasteiger partial charge in [0.1, 0.15) is 22.8 Å². The molecular weight excluding hydrogens is 484 g/mol. The van der Waals surface area contributed by atoms with Gasteiger partial charge in [-0.15, -0.1) is 0 Å². The topological polar surface area (TPSA) is 102 Å². The smallest absolute Gasteiger partial charge is 0.340 e. The van der Waals surface area contributed by atoms with Crippen LogP contribution in [0.1, 0.15) is 6.42 Å². The number of β-amino-alcohol motifs (C(OH)–C–C–N with tert-alkyl or cyclic N) is 1. The zero-order valence-electron chi connectivity index (χ0n) is 18.3. The molecule has 1 aromatic carbocycles. The highest BCUT2D eigenvalue weighted by Crippen LogP contribution is 2.29. The summed E-state index contributed by atoms with van der Waals surface area (Å²) in [4.78, 5) is 37.3. The predicted molar refractivity (Wildman–Crippen MR) is 125 cm³/mol. The monoisotopic (exact) mass is 501 g/mol. The molecule has 1 N–H and O–H groups in total. The number of fused-ring (bicyclic) bond motifs is 1. The molecule has 180 valence electrons. The van der Waals surface area contributed by atoms with Gasteiger partial charge in [-0.25, -0.2) is 18.1 Å². The number of nitrogens with zero attached hydrogens (tertiary/aromatic N) is 5. The van der Waals surface area contributed by atoms with Crippen molar-refractivity contribution < 1.29 is 18.6 Å². The minimum absolute atomic E-state index is 0.0692. The highest BCUT2D eigenvalue weighted by atomic mass is 35.5. The quantitative estimate of drug-likeness (QED) is 0.458. The number of pyridine rings is 2. The molecule has 12 heteroatoms. The molecule has 1 fully saturated rings. The van der Waals surface area contributed by atoms with Gasteiger partial charge in [0.2, 0.25) is 5.88 Å². The van der Waals surface area contributed by atoms with E-state index in [0.717, 1.165) is 27.5 Å². The van der Waals surface area contributed by atoms with Crippen LogP contribution in [-0.2, 0) is 0 Å². The molecule has 4 heterocycles. The number of aliphatic hydroxyl groups excluding tert-OH is 1. The average Bonchev–Trinajstić information content (AvgIpc) is 3.27. The lowest BCUT2D eigenvalue weighted by Gasteiger charge is -2.20. The highest BCUT2D eigenvalue weighted by Gasteiger charge is 2.26. The molecule has 1 aliphatic rings. The number of hydrogen-bond acceptors (Lipinski definition) is 7. The summed E-state index contributed by atoms with van der Waals surface area (Å²) in [6, 6.07) is 6.16. The van der Waals surface area contributed by atoms with Crippen LogP contribution in [0.3, 0.4) is 0 Å². The molecule has 4 aromatic rings. The van der Waals surface area contributed by atoms with E-state index >= 15 is 0 Å². The van der Waals surface area contributed by atoms with E-state index in [2.05, 4.69) is 9.97 Å². The van der Waals surface area contributed by atoms with Gasteiger partial charge in [0.15, 0.2) is 0 Å². The molecule has 1 atom stereocenters. The Morgan fingerprint density at radius 2 is 1.91 bits per heavy atom. The van der Waals surface area contributed by atoms with Crippen molar-refractivity contribution in [1.82, 2.24) is 19.1 Å². The van der Waals surface area contributed by atoms with Gasteiger partial charge < -0.3 is 14.7 Å². The molecule has 0 saturated carbocycles. The second kappa shape index (κ2) is 8.75. The van der Waals surface area contributed by atoms with Crippen LogP contribution in [0.2, 0.25) is 5.02 Å². The zero-order chi connectivity index (χ0) is 24.9. The number of ether oxygens (including phenoxy) is 1. The SMILES string of the molecule is COc1nc(N2CC[C@@H](O)C2)cc2c1c(=O)n(-c1cncc(F)c1)c(=O)n2-c1ccc(F)c(Cl)c1. The van der Waals surface area contributed by atoms with Gasteiger partial charge >= 0.3 is 5.69 Å². The molecule has 9 nitrogen and oxygen atoms in total. The summed E-state index contributed by atoms with van der Waals surface area (Å²) in [7, 11) is 1.32. The third-order valence-corrected chi connectivity index (χ3v) is 6.07. The Balaban J connectivity index is 1.92. The van der Waals surface area contributed by atoms with Crippen LogP contribution in [0, 0.1) is 11.6 Å². The number of benzene rings is 1. The molecule has 35 heavy (non-hydrogen) atoms. The first-order valence-electron chi connectivity index (χ1n) is 10.5. The molecule has 0 spiro atoms. The van der Waals surface area contributed by atoms with E-state index in [1.807, 2.05) is 0 Å². The first-order valence-corrected chi connectivity index (χ1v) is 10.9. The van der Waals surface area contributed by atoms with Gasteiger partial charge in [-0.05, 0) is 24.6 Å². The maximum atomic E-state index is 13.9. The van der Waals surface area contributed by atoms with Gasteiger partial charge in [0.25, 0.3) is 5.56 Å². The van der Waals surface area contributed by atoms with Crippen LogP contribution in [0.5, 0.6) is 5.88 Å². The van der Waals surface area contributed by atoms with Crippen molar-refractivity contribution in [3.63, 3.8) is 0 Å². The van der Waals surface area contributed by atoms with E-state index in [4.69, 9.17) is 16.3 Å². The minimum atomic E-state index is -0.863. The van der Waals surface area contributed by atoms with Crippen LogP contribution in [0.25, 0.3) is 22.3 Å². The predicted octanol–water partition coefficient (Wildman–Crippen LogP) is 2.44. The Morgan fingerprint density at radius 3 is 2.57 bits per heavy atom. The van der Waals surface area contributed by atoms with Crippen molar-refractivity contribution in [1.29, 1.82) is 0 Å². The van der Waals surface area contributed by atoms with E-state index in [9.17, 15) is 23.5 Å². The van der Waals surface area contributed by atoms with E-state index in [1.54, 1.807) is 4.90 Å². The Labute approximate surface area is 201 Å². The summed E-state index contributed by atoms with van der Waals surface area (Å²) in [6.45, 7) is 0.807. The van der Waals surface area contributed by atoms with E-state index in [1.165, 1.54) is 31.5 Å². The van der Waals surface area contributed by atoms with Crippen molar-refractivity contribution in [3.05, 3.63) is 80.2 Å². The molecule has 0 bridgehead atoms. The number of aliphatic hydroxyl groups is 1. The van der Waals surface area contributed by atoms with E-state index < -0.39 is 29.0 Å². The van der Waals surface area contributed by atoms with E-state index in [-0.39, 0.29) is 33.2 Å². The summed E-state index contributed by atoms with van der Waals surface area (Å²) in [6.07, 6.45) is 2.08. The molecule has 0 amide bonds. The minimum Gasteiger partial charge on any atom is -0.480 e. The van der Waals surface area contributed by atoms with Crippen molar-refractivity contribution in [2.24, 2.45) is 0 Å². The van der Waals surface area contributed by atoms with Gasteiger partial charge in [-0.1, -0.05) is 11.6 Å². The van der Waals surface area contributed by atoms with Crippen molar-refractivity contribution in [2.75, 3.05) is 25.1 Å².